The summed E-state index contributed by atoms with van der Waals surface area (Å²) in [4.78, 5) is 24.7. The van der Waals surface area contributed by atoms with Crippen LogP contribution in [-0.4, -0.2) is 4.92 Å². The quantitative estimate of drug-likeness (QED) is 0.213. The number of nitrogens with zero attached hydrogens (tertiary/aromatic N) is 1. The highest BCUT2D eigenvalue weighted by Gasteiger charge is 2.24. The number of rotatable bonds is 2. The first-order chi connectivity index (χ1) is 12.1. The Balaban J connectivity index is 2.24. The average Bonchev–Trinajstić information content (AvgIpc) is 2.63. The molecule has 25 heavy (non-hydrogen) atoms. The Morgan fingerprint density at radius 1 is 0.880 bits per heavy atom. The van der Waals surface area contributed by atoms with Crippen molar-refractivity contribution in [2.75, 3.05) is 0 Å². The van der Waals surface area contributed by atoms with Crippen LogP contribution in [0.25, 0.3) is 25.1 Å². The van der Waals surface area contributed by atoms with Crippen LogP contribution in [0, 0.1) is 17.0 Å². The van der Waals surface area contributed by atoms with Crippen LogP contribution in [0.4, 0.5) is 5.69 Å². The number of benzene rings is 3. The molecule has 0 aliphatic carbocycles. The SMILES string of the molecule is Cc1ccc(-[s+]2c3ccccc3c(=O)c3ccc([N+](=O)[O-])cc32)cc1. The van der Waals surface area contributed by atoms with Gasteiger partial charge in [-0.2, -0.15) is 0 Å². The van der Waals surface area contributed by atoms with Gasteiger partial charge in [0, 0.05) is 16.5 Å². The second-order valence-electron chi connectivity index (χ2n) is 5.88. The molecule has 0 aliphatic heterocycles. The van der Waals surface area contributed by atoms with Crippen molar-refractivity contribution in [2.45, 2.75) is 6.92 Å². The number of hydrogen-bond acceptors (Lipinski definition) is 3. The third-order valence-corrected chi connectivity index (χ3v) is 6.57. The van der Waals surface area contributed by atoms with E-state index in [4.69, 9.17) is 0 Å². The third-order valence-electron chi connectivity index (χ3n) is 4.25. The number of aryl methyl sites for hydroxylation is 1. The lowest BCUT2D eigenvalue weighted by molar-refractivity contribution is -0.384. The molecule has 4 aromatic rings. The fourth-order valence-electron chi connectivity index (χ4n) is 3.01. The van der Waals surface area contributed by atoms with Crippen LogP contribution in [-0.2, 0) is 0 Å². The minimum atomic E-state index is -0.539. The first-order valence-corrected chi connectivity index (χ1v) is 9.02. The van der Waals surface area contributed by atoms with Crippen molar-refractivity contribution in [1.29, 1.82) is 0 Å². The van der Waals surface area contributed by atoms with Gasteiger partial charge in [-0.1, -0.05) is 29.8 Å². The Morgan fingerprint density at radius 3 is 2.28 bits per heavy atom. The maximum atomic E-state index is 12.9. The molecule has 1 unspecified atom stereocenters. The summed E-state index contributed by atoms with van der Waals surface area (Å²) in [6.07, 6.45) is 0. The van der Waals surface area contributed by atoms with Crippen LogP contribution in [0.2, 0.25) is 0 Å². The molecule has 0 spiro atoms. The topological polar surface area (TPSA) is 60.2 Å². The Labute approximate surface area is 146 Å². The summed E-state index contributed by atoms with van der Waals surface area (Å²) in [5.41, 5.74) is 1.08. The van der Waals surface area contributed by atoms with Crippen LogP contribution < -0.4 is 5.43 Å². The molecule has 3 aromatic carbocycles. The summed E-state index contributed by atoms with van der Waals surface area (Å²) in [5, 5.41) is 12.4. The number of nitro benzene ring substituents is 1. The average molecular weight is 348 g/mol. The summed E-state index contributed by atoms with van der Waals surface area (Å²) >= 11 is 0. The maximum absolute atomic E-state index is 12.9. The van der Waals surface area contributed by atoms with Crippen LogP contribution in [0.3, 0.4) is 0 Å². The van der Waals surface area contributed by atoms with E-state index in [1.54, 1.807) is 12.1 Å². The van der Waals surface area contributed by atoms with Gasteiger partial charge >= 0.3 is 0 Å². The zero-order valence-electron chi connectivity index (χ0n) is 13.4. The molecule has 122 valence electrons. The number of fused-ring (bicyclic) bond motifs is 2. The van der Waals surface area contributed by atoms with Crippen LogP contribution in [0.5, 0.6) is 0 Å². The lowest BCUT2D eigenvalue weighted by Crippen LogP contribution is -2.02. The fourth-order valence-corrected chi connectivity index (χ4v) is 5.37. The summed E-state index contributed by atoms with van der Waals surface area (Å²) in [6, 6.07) is 20.2. The monoisotopic (exact) mass is 348 g/mol. The number of non-ortho nitro benzene ring substituents is 1. The second-order valence-corrected chi connectivity index (χ2v) is 7.85. The lowest BCUT2D eigenvalue weighted by atomic mass is 10.2. The largest absolute Gasteiger partial charge is 0.288 e. The Bertz CT molecular complexity index is 1190. The van der Waals surface area contributed by atoms with E-state index in [-0.39, 0.29) is 11.1 Å². The van der Waals surface area contributed by atoms with Crippen molar-refractivity contribution in [1.82, 2.24) is 0 Å². The summed E-state index contributed by atoms with van der Waals surface area (Å²) in [7, 11) is -0.539. The van der Waals surface area contributed by atoms with Gasteiger partial charge in [-0.3, -0.25) is 14.9 Å². The highest BCUT2D eigenvalue weighted by Crippen LogP contribution is 2.43. The molecule has 1 atom stereocenters. The molecule has 1 aromatic heterocycles. The van der Waals surface area contributed by atoms with Crippen molar-refractivity contribution in [3.05, 3.63) is 92.6 Å². The molecule has 0 saturated heterocycles. The van der Waals surface area contributed by atoms with Gasteiger partial charge in [-0.25, -0.2) is 0 Å². The standard InChI is InChI=1S/C20H14NO3S/c1-13-6-9-15(10-7-13)25-18-5-3-2-4-16(18)20(22)17-11-8-14(21(23)24)12-19(17)25/h2-12H,1H3/q+1. The van der Waals surface area contributed by atoms with Gasteiger partial charge in [0.1, 0.15) is 0 Å². The predicted octanol–water partition coefficient (Wildman–Crippen LogP) is 5.31. The second kappa shape index (κ2) is 5.79. The van der Waals surface area contributed by atoms with Crippen LogP contribution >= 0.6 is 10.5 Å². The van der Waals surface area contributed by atoms with Gasteiger partial charge in [-0.05, 0) is 37.3 Å². The molecule has 0 saturated carbocycles. The first-order valence-electron chi connectivity index (χ1n) is 7.79. The molecule has 4 nitrogen and oxygen atoms in total. The predicted molar refractivity (Wildman–Crippen MR) is 103 cm³/mol. The molecular weight excluding hydrogens is 334 g/mol. The molecule has 0 N–H and O–H groups in total. The van der Waals surface area contributed by atoms with Gasteiger partial charge in [0.25, 0.3) is 5.69 Å². The van der Waals surface area contributed by atoms with Crippen molar-refractivity contribution in [2.24, 2.45) is 0 Å². The van der Waals surface area contributed by atoms with Crippen LogP contribution in [0.1, 0.15) is 5.56 Å². The molecule has 0 aliphatic rings. The van der Waals surface area contributed by atoms with E-state index >= 15 is 0 Å². The first kappa shape index (κ1) is 15.5. The van der Waals surface area contributed by atoms with Crippen molar-refractivity contribution < 1.29 is 4.92 Å². The highest BCUT2D eigenvalue weighted by atomic mass is 32.2. The number of nitro groups is 1. The van der Waals surface area contributed by atoms with Crippen LogP contribution in [0.15, 0.2) is 71.5 Å². The lowest BCUT2D eigenvalue weighted by Gasteiger charge is -2.03. The van der Waals surface area contributed by atoms with E-state index in [1.165, 1.54) is 6.07 Å². The Kier molecular flexibility index (Phi) is 3.58. The van der Waals surface area contributed by atoms with Crippen molar-refractivity contribution in [3.63, 3.8) is 0 Å². The Hall–Kier alpha value is -3.05. The van der Waals surface area contributed by atoms with Gasteiger partial charge in [0.05, 0.1) is 21.8 Å². The zero-order chi connectivity index (χ0) is 17.6. The molecule has 0 bridgehead atoms. The van der Waals surface area contributed by atoms with E-state index in [1.807, 2.05) is 55.5 Å². The van der Waals surface area contributed by atoms with Crippen molar-refractivity contribution >= 4 is 36.3 Å². The summed E-state index contributed by atoms with van der Waals surface area (Å²) < 4.78 is 1.64. The van der Waals surface area contributed by atoms with Gasteiger partial charge in [0.15, 0.2) is 14.3 Å². The fraction of sp³-hybridized carbons (Fsp3) is 0.0500. The minimum absolute atomic E-state index is 0.00976. The molecule has 0 amide bonds. The van der Waals surface area contributed by atoms with Gasteiger partial charge in [0.2, 0.25) is 5.43 Å². The van der Waals surface area contributed by atoms with E-state index in [0.717, 1.165) is 19.9 Å². The Morgan fingerprint density at radius 2 is 1.56 bits per heavy atom. The zero-order valence-corrected chi connectivity index (χ0v) is 14.2. The normalized spacial score (nSPS) is 11.8. The van der Waals surface area contributed by atoms with E-state index < -0.39 is 15.4 Å². The van der Waals surface area contributed by atoms with Crippen molar-refractivity contribution in [3.8, 4) is 4.90 Å². The van der Waals surface area contributed by atoms with Gasteiger partial charge in [-0.15, -0.1) is 0 Å². The van der Waals surface area contributed by atoms with Gasteiger partial charge < -0.3 is 0 Å². The smallest absolute Gasteiger partial charge is 0.274 e. The van der Waals surface area contributed by atoms with E-state index in [9.17, 15) is 14.9 Å². The molecule has 1 heterocycles. The molecule has 0 fully saturated rings. The summed E-state index contributed by atoms with van der Waals surface area (Å²) in [5.74, 6) is 0. The summed E-state index contributed by atoms with van der Waals surface area (Å²) in [6.45, 7) is 2.02. The molecule has 0 radical (unpaired) electrons. The number of hydrogen-bond donors (Lipinski definition) is 0. The molecular formula is C20H14NO3S+. The third kappa shape index (κ3) is 2.49. The minimum Gasteiger partial charge on any atom is -0.288 e. The van der Waals surface area contributed by atoms with E-state index in [0.29, 0.717) is 10.8 Å². The molecule has 4 rings (SSSR count). The highest BCUT2D eigenvalue weighted by molar-refractivity contribution is 7.49. The van der Waals surface area contributed by atoms with E-state index in [2.05, 4.69) is 0 Å². The maximum Gasteiger partial charge on any atom is 0.274 e. The molecule has 5 heteroatoms.